The number of halogens is 1. The summed E-state index contributed by atoms with van der Waals surface area (Å²) in [4.78, 5) is 0. The van der Waals surface area contributed by atoms with E-state index in [2.05, 4.69) is 47.8 Å². The van der Waals surface area contributed by atoms with Gasteiger partial charge in [-0.05, 0) is 61.6 Å². The van der Waals surface area contributed by atoms with Crippen molar-refractivity contribution in [1.82, 2.24) is 5.32 Å². The van der Waals surface area contributed by atoms with E-state index in [-0.39, 0.29) is 5.41 Å². The molecule has 1 fully saturated rings. The molecule has 3 N–H and O–H groups in total. The lowest BCUT2D eigenvalue weighted by molar-refractivity contribution is 0.115. The van der Waals surface area contributed by atoms with E-state index in [1.54, 1.807) is 0 Å². The number of hydrogen-bond donors (Lipinski definition) is 2. The maximum absolute atomic E-state index is 6.25. The Bertz CT molecular complexity index is 556. The monoisotopic (exact) mass is 330 g/mol. The zero-order chi connectivity index (χ0) is 16.1. The summed E-state index contributed by atoms with van der Waals surface area (Å²) in [6.45, 7) is 1.72. The normalized spacial score (nSPS) is 31.0. The molecule has 3 heteroatoms. The highest BCUT2D eigenvalue weighted by molar-refractivity contribution is 6.29. The summed E-state index contributed by atoms with van der Waals surface area (Å²) in [5, 5.41) is 4.68. The fourth-order valence-electron chi connectivity index (χ4n) is 4.04. The minimum atomic E-state index is 0.232. The summed E-state index contributed by atoms with van der Waals surface area (Å²) < 4.78 is 0. The average Bonchev–Trinajstić information content (AvgIpc) is 2.61. The maximum atomic E-state index is 6.25. The minimum Gasteiger partial charge on any atom is -0.330 e. The molecular weight excluding hydrogens is 304 g/mol. The Morgan fingerprint density at radius 1 is 1.17 bits per heavy atom. The Labute approximate surface area is 144 Å². The number of hydrogen-bond acceptors (Lipinski definition) is 2. The third-order valence-electron chi connectivity index (χ3n) is 5.65. The van der Waals surface area contributed by atoms with Crippen LogP contribution in [0.5, 0.6) is 0 Å². The molecule has 2 nitrogen and oxygen atoms in total. The van der Waals surface area contributed by atoms with Crippen molar-refractivity contribution in [3.63, 3.8) is 0 Å². The molecule has 0 aliphatic heterocycles. The van der Waals surface area contributed by atoms with Crippen molar-refractivity contribution in [3.8, 4) is 0 Å². The van der Waals surface area contributed by atoms with Crippen LogP contribution in [0.2, 0.25) is 0 Å². The van der Waals surface area contributed by atoms with Gasteiger partial charge in [-0.1, -0.05) is 54.1 Å². The smallest absolute Gasteiger partial charge is 0.0208 e. The van der Waals surface area contributed by atoms with Gasteiger partial charge in [0.25, 0.3) is 0 Å². The summed E-state index contributed by atoms with van der Waals surface area (Å²) in [5.41, 5.74) is 7.80. The minimum absolute atomic E-state index is 0.232. The molecule has 1 aromatic carbocycles. The second-order valence-corrected chi connectivity index (χ2v) is 7.50. The van der Waals surface area contributed by atoms with Gasteiger partial charge in [-0.2, -0.15) is 0 Å². The van der Waals surface area contributed by atoms with Gasteiger partial charge in [0.05, 0.1) is 0 Å². The van der Waals surface area contributed by atoms with Crippen molar-refractivity contribution in [2.45, 2.75) is 44.7 Å². The fraction of sp³-hybridized carbons (Fsp3) is 0.500. The first-order valence-corrected chi connectivity index (χ1v) is 9.10. The average molecular weight is 331 g/mol. The lowest BCUT2D eigenvalue weighted by Gasteiger charge is -2.45. The maximum Gasteiger partial charge on any atom is 0.0208 e. The van der Waals surface area contributed by atoms with Crippen LogP contribution in [-0.4, -0.2) is 12.6 Å². The zero-order valence-electron chi connectivity index (χ0n) is 13.7. The predicted octanol–water partition coefficient (Wildman–Crippen LogP) is 4.36. The van der Waals surface area contributed by atoms with E-state index in [0.29, 0.717) is 12.0 Å². The molecule has 0 amide bonds. The molecule has 0 saturated heterocycles. The van der Waals surface area contributed by atoms with Crippen LogP contribution in [0.4, 0.5) is 0 Å². The lowest BCUT2D eigenvalue weighted by Crippen LogP contribution is -2.45. The van der Waals surface area contributed by atoms with Crippen molar-refractivity contribution in [2.24, 2.45) is 17.1 Å². The van der Waals surface area contributed by atoms with Gasteiger partial charge < -0.3 is 11.1 Å². The molecule has 0 spiro atoms. The first-order valence-electron chi connectivity index (χ1n) is 8.72. The van der Waals surface area contributed by atoms with Gasteiger partial charge in [0.2, 0.25) is 0 Å². The van der Waals surface area contributed by atoms with E-state index in [4.69, 9.17) is 17.3 Å². The summed E-state index contributed by atoms with van der Waals surface area (Å²) >= 11 is 6.25. The molecule has 0 aromatic heterocycles. The second-order valence-electron chi connectivity index (χ2n) is 7.02. The van der Waals surface area contributed by atoms with E-state index in [0.717, 1.165) is 24.5 Å². The SMILES string of the molecule is NCC1(C2C=CC=C(Cl)C2)CCC(NCc2ccccc2)CC1. The first-order chi connectivity index (χ1) is 11.2. The highest BCUT2D eigenvalue weighted by atomic mass is 35.5. The van der Waals surface area contributed by atoms with Gasteiger partial charge in [0.1, 0.15) is 0 Å². The molecule has 1 aromatic rings. The van der Waals surface area contributed by atoms with Gasteiger partial charge >= 0.3 is 0 Å². The second kappa shape index (κ2) is 7.65. The lowest BCUT2D eigenvalue weighted by atomic mass is 9.63. The molecular formula is C20H27ClN2. The molecule has 2 aliphatic rings. The summed E-state index contributed by atoms with van der Waals surface area (Å²) in [6.07, 6.45) is 12.2. The number of allylic oxidation sites excluding steroid dienone is 4. The largest absolute Gasteiger partial charge is 0.330 e. The molecule has 1 atom stereocenters. The summed E-state index contributed by atoms with van der Waals surface area (Å²) in [5.74, 6) is 0.500. The van der Waals surface area contributed by atoms with E-state index in [1.165, 1.54) is 31.2 Å². The van der Waals surface area contributed by atoms with Crippen LogP contribution >= 0.6 is 11.6 Å². The van der Waals surface area contributed by atoms with Gasteiger partial charge in [-0.15, -0.1) is 0 Å². The van der Waals surface area contributed by atoms with Crippen LogP contribution in [0.15, 0.2) is 53.6 Å². The van der Waals surface area contributed by atoms with Crippen LogP contribution in [-0.2, 0) is 6.54 Å². The van der Waals surface area contributed by atoms with Crippen molar-refractivity contribution in [3.05, 3.63) is 59.2 Å². The summed E-state index contributed by atoms with van der Waals surface area (Å²) in [7, 11) is 0. The number of benzene rings is 1. The Morgan fingerprint density at radius 3 is 2.57 bits per heavy atom. The van der Waals surface area contributed by atoms with E-state index in [9.17, 15) is 0 Å². The molecule has 1 unspecified atom stereocenters. The van der Waals surface area contributed by atoms with Crippen LogP contribution in [0.1, 0.15) is 37.7 Å². The van der Waals surface area contributed by atoms with E-state index in [1.807, 2.05) is 6.08 Å². The van der Waals surface area contributed by atoms with Crippen LogP contribution in [0.3, 0.4) is 0 Å². The Morgan fingerprint density at radius 2 is 1.91 bits per heavy atom. The topological polar surface area (TPSA) is 38.0 Å². The third-order valence-corrected chi connectivity index (χ3v) is 5.93. The first kappa shape index (κ1) is 16.8. The van der Waals surface area contributed by atoms with Gasteiger partial charge in [0, 0.05) is 17.6 Å². The molecule has 1 saturated carbocycles. The van der Waals surface area contributed by atoms with Crippen molar-refractivity contribution >= 4 is 11.6 Å². The van der Waals surface area contributed by atoms with Crippen LogP contribution in [0, 0.1) is 11.3 Å². The van der Waals surface area contributed by atoms with E-state index >= 15 is 0 Å². The Kier molecular flexibility index (Phi) is 5.58. The van der Waals surface area contributed by atoms with Crippen LogP contribution in [0.25, 0.3) is 0 Å². The number of rotatable bonds is 5. The molecule has 2 aliphatic carbocycles. The van der Waals surface area contributed by atoms with Gasteiger partial charge in [-0.25, -0.2) is 0 Å². The van der Waals surface area contributed by atoms with Gasteiger partial charge in [-0.3, -0.25) is 0 Å². The highest BCUT2D eigenvalue weighted by Crippen LogP contribution is 2.46. The van der Waals surface area contributed by atoms with Crippen LogP contribution < -0.4 is 11.1 Å². The molecule has 0 radical (unpaired) electrons. The Balaban J connectivity index is 1.54. The molecule has 0 bridgehead atoms. The highest BCUT2D eigenvalue weighted by Gasteiger charge is 2.40. The predicted molar refractivity (Wildman–Crippen MR) is 98.2 cm³/mol. The zero-order valence-corrected chi connectivity index (χ0v) is 14.4. The molecule has 23 heavy (non-hydrogen) atoms. The quantitative estimate of drug-likeness (QED) is 0.841. The standard InChI is InChI=1S/C20H27ClN2/c21-18-8-4-7-17(13-18)20(15-22)11-9-19(10-12-20)23-14-16-5-2-1-3-6-16/h1-8,17,19,23H,9-15,22H2. The van der Waals surface area contributed by atoms with Gasteiger partial charge in [0.15, 0.2) is 0 Å². The summed E-state index contributed by atoms with van der Waals surface area (Å²) in [6, 6.07) is 11.2. The third kappa shape index (κ3) is 4.06. The number of nitrogens with one attached hydrogen (secondary N) is 1. The van der Waals surface area contributed by atoms with Crippen molar-refractivity contribution in [1.29, 1.82) is 0 Å². The fourth-order valence-corrected chi connectivity index (χ4v) is 4.28. The van der Waals surface area contributed by atoms with E-state index < -0.39 is 0 Å². The Hall–Kier alpha value is -1.09. The molecule has 3 rings (SSSR count). The number of nitrogens with two attached hydrogens (primary N) is 1. The molecule has 124 valence electrons. The molecule has 0 heterocycles. The van der Waals surface area contributed by atoms with Crippen molar-refractivity contribution < 1.29 is 0 Å². The van der Waals surface area contributed by atoms with Crippen molar-refractivity contribution in [2.75, 3.05) is 6.54 Å².